The van der Waals surface area contributed by atoms with Crippen LogP contribution in [0.1, 0.15) is 219 Å². The molecule has 0 aromatic heterocycles. The minimum Gasteiger partial charge on any atom is -0.756 e. The normalized spacial score (nSPS) is 13.8. The number of likely N-dealkylation sites (N-methyl/N-ethyl adjacent to an activating group) is 1. The van der Waals surface area contributed by atoms with E-state index < -0.39 is 13.9 Å². The zero-order valence-corrected chi connectivity index (χ0v) is 38.5. The molecule has 0 spiro atoms. The van der Waals surface area contributed by atoms with Gasteiger partial charge in [0.15, 0.2) is 6.10 Å². The summed E-state index contributed by atoms with van der Waals surface area (Å²) in [6, 6.07) is 0. The molecule has 332 valence electrons. The Labute approximate surface area is 347 Å². The van der Waals surface area contributed by atoms with Gasteiger partial charge in [0.1, 0.15) is 19.8 Å². The van der Waals surface area contributed by atoms with E-state index in [1.807, 2.05) is 27.2 Å². The third-order valence-electron chi connectivity index (χ3n) is 10.3. The second-order valence-electron chi connectivity index (χ2n) is 17.2. The van der Waals surface area contributed by atoms with Crippen molar-refractivity contribution in [3.8, 4) is 0 Å². The van der Waals surface area contributed by atoms with Gasteiger partial charge >= 0.3 is 5.97 Å². The van der Waals surface area contributed by atoms with Gasteiger partial charge in [-0.25, -0.2) is 0 Å². The summed E-state index contributed by atoms with van der Waals surface area (Å²) in [4.78, 5) is 25.1. The van der Waals surface area contributed by atoms with Crippen LogP contribution in [0.3, 0.4) is 0 Å². The molecule has 2 atom stereocenters. The molecule has 0 aromatic carbocycles. The average molecular weight is 814 g/mol. The molecular formula is C47H92NO7P. The molecule has 0 N–H and O–H groups in total. The van der Waals surface area contributed by atoms with Crippen LogP contribution in [0.5, 0.6) is 0 Å². The predicted molar refractivity (Wildman–Crippen MR) is 236 cm³/mol. The summed E-state index contributed by atoms with van der Waals surface area (Å²) in [5.74, 6) is -0.362. The van der Waals surface area contributed by atoms with Crippen molar-refractivity contribution >= 4 is 13.8 Å². The minimum absolute atomic E-state index is 0.0167. The van der Waals surface area contributed by atoms with Gasteiger partial charge in [0.2, 0.25) is 0 Å². The zero-order chi connectivity index (χ0) is 41.3. The fraction of sp³-hybridized carbons (Fsp3) is 0.894. The monoisotopic (exact) mass is 814 g/mol. The molecule has 0 aromatic rings. The largest absolute Gasteiger partial charge is 0.756 e. The Morgan fingerprint density at radius 3 is 1.38 bits per heavy atom. The summed E-state index contributed by atoms with van der Waals surface area (Å²) in [6.07, 6.45) is 47.1. The van der Waals surface area contributed by atoms with Crippen LogP contribution in [-0.4, -0.2) is 64.1 Å². The Bertz CT molecular complexity index is 951. The van der Waals surface area contributed by atoms with Crippen molar-refractivity contribution in [2.45, 2.75) is 225 Å². The molecule has 0 fully saturated rings. The summed E-state index contributed by atoms with van der Waals surface area (Å²) in [5, 5.41) is 0. The number of hydrogen-bond acceptors (Lipinski definition) is 7. The number of allylic oxidation sites excluding steroid dienone is 3. The zero-order valence-electron chi connectivity index (χ0n) is 37.6. The number of phosphoric acid groups is 1. The van der Waals surface area contributed by atoms with Crippen molar-refractivity contribution in [1.82, 2.24) is 0 Å². The van der Waals surface area contributed by atoms with Gasteiger partial charge in [-0.2, -0.15) is 0 Å². The third-order valence-corrected chi connectivity index (χ3v) is 11.3. The maximum atomic E-state index is 12.7. The maximum Gasteiger partial charge on any atom is 0.306 e. The lowest BCUT2D eigenvalue weighted by Gasteiger charge is -2.28. The molecular weight excluding hydrogens is 721 g/mol. The molecule has 0 bridgehead atoms. The van der Waals surface area contributed by atoms with E-state index in [1.54, 1.807) is 6.26 Å². The molecule has 0 aliphatic rings. The fourth-order valence-corrected chi connectivity index (χ4v) is 7.35. The number of carbonyl (C=O) groups excluding carboxylic acids is 1. The first-order valence-electron chi connectivity index (χ1n) is 23.6. The van der Waals surface area contributed by atoms with Crippen LogP contribution in [-0.2, 0) is 27.9 Å². The lowest BCUT2D eigenvalue weighted by molar-refractivity contribution is -0.870. The highest BCUT2D eigenvalue weighted by Crippen LogP contribution is 2.38. The molecule has 1 unspecified atom stereocenters. The van der Waals surface area contributed by atoms with Crippen LogP contribution in [0.15, 0.2) is 24.5 Å². The van der Waals surface area contributed by atoms with E-state index >= 15 is 0 Å². The number of carbonyl (C=O) groups is 1. The third kappa shape index (κ3) is 43.9. The molecule has 56 heavy (non-hydrogen) atoms. The lowest BCUT2D eigenvalue weighted by Crippen LogP contribution is -2.37. The molecule has 0 aliphatic carbocycles. The van der Waals surface area contributed by atoms with Crippen molar-refractivity contribution in [2.75, 3.05) is 47.5 Å². The average Bonchev–Trinajstić information content (AvgIpc) is 3.15. The lowest BCUT2D eigenvalue weighted by atomic mass is 10.0. The quantitative estimate of drug-likeness (QED) is 0.0151. The van der Waals surface area contributed by atoms with Gasteiger partial charge in [0.05, 0.1) is 34.0 Å². The minimum atomic E-state index is -4.54. The van der Waals surface area contributed by atoms with E-state index in [0.29, 0.717) is 17.4 Å². The Hall–Kier alpha value is -1.18. The summed E-state index contributed by atoms with van der Waals surface area (Å²) in [6.45, 7) is 4.75. The number of rotatable bonds is 44. The van der Waals surface area contributed by atoms with Gasteiger partial charge in [0.25, 0.3) is 7.82 Å². The number of ether oxygens (including phenoxy) is 2. The number of hydrogen-bond donors (Lipinski definition) is 0. The Balaban J connectivity index is 4.23. The molecule has 0 aliphatic heterocycles. The molecule has 8 nitrogen and oxygen atoms in total. The number of esters is 1. The molecule has 0 saturated carbocycles. The first-order chi connectivity index (χ1) is 27.1. The summed E-state index contributed by atoms with van der Waals surface area (Å²) < 4.78 is 34.4. The predicted octanol–water partition coefficient (Wildman–Crippen LogP) is 13.7. The van der Waals surface area contributed by atoms with Gasteiger partial charge in [-0.1, -0.05) is 180 Å². The smallest absolute Gasteiger partial charge is 0.306 e. The van der Waals surface area contributed by atoms with Crippen LogP contribution in [0.25, 0.3) is 0 Å². The van der Waals surface area contributed by atoms with Crippen molar-refractivity contribution in [3.63, 3.8) is 0 Å². The Morgan fingerprint density at radius 1 is 0.554 bits per heavy atom. The molecule has 0 rings (SSSR count). The van der Waals surface area contributed by atoms with Crippen molar-refractivity contribution in [1.29, 1.82) is 0 Å². The van der Waals surface area contributed by atoms with Gasteiger partial charge in [-0.15, -0.1) is 0 Å². The second-order valence-corrected chi connectivity index (χ2v) is 18.6. The van der Waals surface area contributed by atoms with Crippen molar-refractivity contribution in [2.24, 2.45) is 0 Å². The Kier molecular flexibility index (Phi) is 39.7. The summed E-state index contributed by atoms with van der Waals surface area (Å²) in [7, 11) is 1.33. The van der Waals surface area contributed by atoms with Crippen LogP contribution in [0.2, 0.25) is 0 Å². The number of nitrogens with zero attached hydrogens (tertiary/aromatic N) is 1. The van der Waals surface area contributed by atoms with Gasteiger partial charge in [0, 0.05) is 6.42 Å². The van der Waals surface area contributed by atoms with E-state index in [9.17, 15) is 14.3 Å². The van der Waals surface area contributed by atoms with E-state index in [-0.39, 0.29) is 25.8 Å². The topological polar surface area (TPSA) is 94.1 Å². The molecule has 0 amide bonds. The van der Waals surface area contributed by atoms with Crippen molar-refractivity contribution < 1.29 is 37.3 Å². The first kappa shape index (κ1) is 54.8. The van der Waals surface area contributed by atoms with Crippen LogP contribution in [0, 0.1) is 0 Å². The fourth-order valence-electron chi connectivity index (χ4n) is 6.63. The summed E-state index contributed by atoms with van der Waals surface area (Å²) in [5.41, 5.74) is 0. The highest BCUT2D eigenvalue weighted by Gasteiger charge is 2.20. The van der Waals surface area contributed by atoms with Gasteiger partial charge < -0.3 is 27.9 Å². The van der Waals surface area contributed by atoms with Crippen LogP contribution >= 0.6 is 7.82 Å². The number of quaternary nitrogens is 1. The summed E-state index contributed by atoms with van der Waals surface area (Å²) >= 11 is 0. The SMILES string of the molecule is CCCCCCCCC/C=C\CCCCCCCC(=O)O[C@H](CO/C=C\CCCCCCCCCCCCCCCCCC)COP(=O)([O-])OCC[N+](C)(C)C. The van der Waals surface area contributed by atoms with Crippen molar-refractivity contribution in [3.05, 3.63) is 24.5 Å². The molecule has 0 heterocycles. The standard InChI is InChI=1S/C47H92NO7P/c1-6-8-10-12-14-16-18-20-22-24-25-27-29-31-33-35-37-39-42-52-44-46(45-54-56(50,51)53-43-41-48(3,4)5)55-47(49)40-38-36-34-32-30-28-26-23-21-19-17-15-13-11-9-7-2/h23,26,39,42,46H,6-22,24-25,27-38,40-41,43-45H2,1-5H3/b26-23-,42-39-/t46-/m1/s1. The molecule has 0 radical (unpaired) electrons. The van der Waals surface area contributed by atoms with E-state index in [1.165, 1.54) is 154 Å². The van der Waals surface area contributed by atoms with Gasteiger partial charge in [-0.3, -0.25) is 9.36 Å². The molecule has 0 saturated heterocycles. The van der Waals surface area contributed by atoms with Crippen LogP contribution < -0.4 is 4.89 Å². The Morgan fingerprint density at radius 2 is 0.946 bits per heavy atom. The number of unbranched alkanes of at least 4 members (excludes halogenated alkanes) is 28. The van der Waals surface area contributed by atoms with E-state index in [4.69, 9.17) is 18.5 Å². The second kappa shape index (κ2) is 40.6. The van der Waals surface area contributed by atoms with Gasteiger partial charge in [-0.05, 0) is 51.0 Å². The maximum absolute atomic E-state index is 12.7. The first-order valence-corrected chi connectivity index (χ1v) is 25.1. The highest BCUT2D eigenvalue weighted by atomic mass is 31.2. The van der Waals surface area contributed by atoms with E-state index in [0.717, 1.165) is 44.9 Å². The highest BCUT2D eigenvalue weighted by molar-refractivity contribution is 7.45. The van der Waals surface area contributed by atoms with E-state index in [2.05, 4.69) is 26.0 Å². The van der Waals surface area contributed by atoms with Crippen LogP contribution in [0.4, 0.5) is 0 Å². The number of phosphoric ester groups is 1. The molecule has 9 heteroatoms.